The van der Waals surface area contributed by atoms with Gasteiger partial charge in [-0.05, 0) is 31.0 Å². The van der Waals surface area contributed by atoms with Crippen molar-refractivity contribution < 1.29 is 4.79 Å². The van der Waals surface area contributed by atoms with Gasteiger partial charge in [-0.3, -0.25) is 4.79 Å². The molecule has 0 aliphatic carbocycles. The number of nitrogens with zero attached hydrogens (tertiary/aromatic N) is 2. The highest BCUT2D eigenvalue weighted by Gasteiger charge is 2.23. The summed E-state index contributed by atoms with van der Waals surface area (Å²) in [6.45, 7) is 4.15. The third kappa shape index (κ3) is 2.22. The fourth-order valence-electron chi connectivity index (χ4n) is 2.70. The minimum absolute atomic E-state index is 0.281. The fourth-order valence-corrected chi connectivity index (χ4v) is 2.70. The van der Waals surface area contributed by atoms with Crippen molar-refractivity contribution >= 4 is 17.1 Å². The van der Waals surface area contributed by atoms with Crippen molar-refractivity contribution in [1.82, 2.24) is 14.9 Å². The number of carbonyl (C=O) groups is 1. The van der Waals surface area contributed by atoms with Crippen molar-refractivity contribution in [2.45, 2.75) is 19.4 Å². The molecule has 0 aromatic carbocycles. The highest BCUT2D eigenvalue weighted by molar-refractivity contribution is 6.01. The predicted molar refractivity (Wildman–Crippen MR) is 77.8 cm³/mol. The lowest BCUT2D eigenvalue weighted by Gasteiger charge is -2.31. The zero-order chi connectivity index (χ0) is 14.1. The summed E-state index contributed by atoms with van der Waals surface area (Å²) in [4.78, 5) is 11.6. The molecule has 1 aliphatic rings. The van der Waals surface area contributed by atoms with Crippen LogP contribution in [0.25, 0.3) is 5.52 Å². The molecule has 1 fully saturated rings. The zero-order valence-electron chi connectivity index (χ0n) is 11.5. The van der Waals surface area contributed by atoms with Gasteiger partial charge in [-0.25, -0.2) is 4.52 Å². The third-order valence-electron chi connectivity index (χ3n) is 3.99. The number of primary amides is 1. The van der Waals surface area contributed by atoms with E-state index >= 15 is 0 Å². The Hall–Kier alpha value is -2.08. The average molecular weight is 273 g/mol. The molecule has 0 spiro atoms. The molecule has 0 bridgehead atoms. The van der Waals surface area contributed by atoms with Crippen LogP contribution in [0.3, 0.4) is 0 Å². The molecule has 3 rings (SSSR count). The van der Waals surface area contributed by atoms with Crippen LogP contribution in [0.1, 0.15) is 23.7 Å². The van der Waals surface area contributed by atoms with E-state index in [1.54, 1.807) is 4.52 Å². The number of aromatic nitrogens is 2. The van der Waals surface area contributed by atoms with E-state index in [4.69, 9.17) is 5.73 Å². The van der Waals surface area contributed by atoms with Gasteiger partial charge in [-0.15, -0.1) is 0 Å². The van der Waals surface area contributed by atoms with Crippen molar-refractivity contribution in [1.29, 1.82) is 0 Å². The van der Waals surface area contributed by atoms with Gasteiger partial charge in [0.2, 0.25) is 0 Å². The number of hydrogen-bond acceptors (Lipinski definition) is 4. The number of piperidine rings is 1. The monoisotopic (exact) mass is 273 g/mol. The van der Waals surface area contributed by atoms with Crippen LogP contribution >= 0.6 is 0 Å². The molecule has 20 heavy (non-hydrogen) atoms. The lowest BCUT2D eigenvalue weighted by atomic mass is 9.94. The summed E-state index contributed by atoms with van der Waals surface area (Å²) in [6.07, 6.45) is 4.50. The van der Waals surface area contributed by atoms with Crippen LogP contribution in [0.4, 0.5) is 5.69 Å². The molecule has 2 unspecified atom stereocenters. The van der Waals surface area contributed by atoms with Gasteiger partial charge in [0.05, 0.1) is 23.0 Å². The van der Waals surface area contributed by atoms with Crippen molar-refractivity contribution in [3.05, 3.63) is 30.1 Å². The molecular formula is C14H19N5O. The molecule has 106 valence electrons. The van der Waals surface area contributed by atoms with Gasteiger partial charge in [-0.1, -0.05) is 6.92 Å². The first kappa shape index (κ1) is 12.9. The number of nitrogens with one attached hydrogen (secondary N) is 2. The number of carbonyl (C=O) groups excluding carboxylic acids is 1. The fraction of sp³-hybridized carbons (Fsp3) is 0.429. The number of nitrogens with two attached hydrogens (primary N) is 1. The summed E-state index contributed by atoms with van der Waals surface area (Å²) >= 11 is 0. The lowest BCUT2D eigenvalue weighted by molar-refractivity contribution is 0.100. The Labute approximate surface area is 117 Å². The number of hydrogen-bond donors (Lipinski definition) is 3. The smallest absolute Gasteiger partial charge is 0.252 e. The van der Waals surface area contributed by atoms with Crippen molar-refractivity contribution in [2.75, 3.05) is 18.4 Å². The Bertz CT molecular complexity index is 636. The predicted octanol–water partition coefficient (Wildman–Crippen LogP) is 0.843. The SMILES string of the molecule is CC1CCNCC1Nc1c(C(N)=O)cnn2cccc12. The van der Waals surface area contributed by atoms with E-state index < -0.39 is 5.91 Å². The van der Waals surface area contributed by atoms with Crippen molar-refractivity contribution in [3.8, 4) is 0 Å². The van der Waals surface area contributed by atoms with Gasteiger partial charge in [-0.2, -0.15) is 5.10 Å². The number of anilines is 1. The molecule has 2 atom stereocenters. The molecule has 6 heteroatoms. The lowest BCUT2D eigenvalue weighted by Crippen LogP contribution is -2.44. The Balaban J connectivity index is 2.01. The summed E-state index contributed by atoms with van der Waals surface area (Å²) in [6, 6.07) is 4.12. The quantitative estimate of drug-likeness (QED) is 0.774. The zero-order valence-corrected chi connectivity index (χ0v) is 11.5. The molecule has 0 radical (unpaired) electrons. The second kappa shape index (κ2) is 5.13. The molecule has 1 amide bonds. The minimum Gasteiger partial charge on any atom is -0.378 e. The summed E-state index contributed by atoms with van der Waals surface area (Å²) in [7, 11) is 0. The van der Waals surface area contributed by atoms with Crippen LogP contribution < -0.4 is 16.4 Å². The number of rotatable bonds is 3. The molecule has 4 N–H and O–H groups in total. The topological polar surface area (TPSA) is 84.5 Å². The van der Waals surface area contributed by atoms with Crippen LogP contribution in [-0.4, -0.2) is 34.7 Å². The summed E-state index contributed by atoms with van der Waals surface area (Å²) in [5, 5.41) is 11.1. The maximum atomic E-state index is 11.6. The molecule has 1 saturated heterocycles. The van der Waals surface area contributed by atoms with Gasteiger partial charge in [0.15, 0.2) is 0 Å². The largest absolute Gasteiger partial charge is 0.378 e. The number of amides is 1. The van der Waals surface area contributed by atoms with Crippen LogP contribution in [-0.2, 0) is 0 Å². The Morgan fingerprint density at radius 3 is 3.20 bits per heavy atom. The molecular weight excluding hydrogens is 254 g/mol. The average Bonchev–Trinajstić information content (AvgIpc) is 2.90. The van der Waals surface area contributed by atoms with Gasteiger partial charge < -0.3 is 16.4 Å². The van der Waals surface area contributed by atoms with E-state index in [1.807, 2.05) is 18.3 Å². The second-order valence-corrected chi connectivity index (χ2v) is 5.36. The van der Waals surface area contributed by atoms with E-state index in [2.05, 4.69) is 22.7 Å². The van der Waals surface area contributed by atoms with E-state index in [0.717, 1.165) is 30.7 Å². The van der Waals surface area contributed by atoms with Gasteiger partial charge in [0.25, 0.3) is 5.91 Å². The third-order valence-corrected chi connectivity index (χ3v) is 3.99. The van der Waals surface area contributed by atoms with Crippen LogP contribution in [0.2, 0.25) is 0 Å². The Morgan fingerprint density at radius 1 is 1.60 bits per heavy atom. The van der Waals surface area contributed by atoms with Crippen molar-refractivity contribution in [2.24, 2.45) is 11.7 Å². The van der Waals surface area contributed by atoms with Crippen LogP contribution in [0.15, 0.2) is 24.5 Å². The maximum Gasteiger partial charge on any atom is 0.252 e. The van der Waals surface area contributed by atoms with E-state index in [1.165, 1.54) is 6.20 Å². The summed E-state index contributed by atoms with van der Waals surface area (Å²) < 4.78 is 1.75. The van der Waals surface area contributed by atoms with Gasteiger partial charge in [0, 0.05) is 18.8 Å². The first-order chi connectivity index (χ1) is 9.66. The first-order valence-corrected chi connectivity index (χ1v) is 6.90. The van der Waals surface area contributed by atoms with E-state index in [0.29, 0.717) is 11.5 Å². The molecule has 0 saturated carbocycles. The Morgan fingerprint density at radius 2 is 2.45 bits per heavy atom. The molecule has 2 aromatic rings. The minimum atomic E-state index is -0.458. The summed E-state index contributed by atoms with van der Waals surface area (Å²) in [5.41, 5.74) is 7.56. The highest BCUT2D eigenvalue weighted by Crippen LogP contribution is 2.25. The molecule has 6 nitrogen and oxygen atoms in total. The molecule has 2 aromatic heterocycles. The standard InChI is InChI=1S/C14H19N5O/c1-9-4-5-16-8-11(9)18-13-10(14(15)20)7-17-19-6-2-3-12(13)19/h2-3,6-7,9,11,16,18H,4-5,8H2,1H3,(H2,15,20). The van der Waals surface area contributed by atoms with E-state index in [-0.39, 0.29) is 6.04 Å². The van der Waals surface area contributed by atoms with Crippen molar-refractivity contribution in [3.63, 3.8) is 0 Å². The van der Waals surface area contributed by atoms with Gasteiger partial charge >= 0.3 is 0 Å². The molecule has 1 aliphatic heterocycles. The normalized spacial score (nSPS) is 22.9. The van der Waals surface area contributed by atoms with E-state index in [9.17, 15) is 4.79 Å². The number of fused-ring (bicyclic) bond motifs is 1. The second-order valence-electron chi connectivity index (χ2n) is 5.36. The molecule has 3 heterocycles. The highest BCUT2D eigenvalue weighted by atomic mass is 16.1. The summed E-state index contributed by atoms with van der Waals surface area (Å²) in [5.74, 6) is 0.0836. The first-order valence-electron chi connectivity index (χ1n) is 6.90. The maximum absolute atomic E-state index is 11.6. The van der Waals surface area contributed by atoms with Crippen LogP contribution in [0, 0.1) is 5.92 Å². The van der Waals surface area contributed by atoms with Gasteiger partial charge in [0.1, 0.15) is 0 Å². The van der Waals surface area contributed by atoms with Crippen LogP contribution in [0.5, 0.6) is 0 Å². The Kier molecular flexibility index (Phi) is 3.31.